The molecule has 3 N–H and O–H groups in total. The van der Waals surface area contributed by atoms with Gasteiger partial charge in [-0.05, 0) is 54.4 Å². The molecule has 0 amide bonds. The minimum atomic E-state index is -0.907. The molecule has 0 radical (unpaired) electrons. The van der Waals surface area contributed by atoms with E-state index in [1.165, 1.54) is 0 Å². The first-order valence-electron chi connectivity index (χ1n) is 9.55. The Morgan fingerprint density at radius 1 is 1.10 bits per heavy atom. The standard InChI is InChI=1S/C24H18ClN3O2/c1-13-2-3-14(7-19(13)24(29)30)6-18-9-16-10-20(21(25)11-22(16)28-18)17-8-15-4-5-26-23(15)27-12-17/h2-5,7-12,28H,6H2,1H3,(H,26,27)(H,29,30). The molecule has 5 rings (SSSR count). The van der Waals surface area contributed by atoms with Crippen LogP contribution in [0.15, 0.2) is 60.9 Å². The molecule has 30 heavy (non-hydrogen) atoms. The lowest BCUT2D eigenvalue weighted by Gasteiger charge is -2.05. The number of carbonyl (C=O) groups is 1. The van der Waals surface area contributed by atoms with Gasteiger partial charge in [-0.2, -0.15) is 0 Å². The maximum absolute atomic E-state index is 11.4. The molecule has 0 aliphatic heterocycles. The van der Waals surface area contributed by atoms with E-state index in [0.29, 0.717) is 17.0 Å². The van der Waals surface area contributed by atoms with Gasteiger partial charge in [0.1, 0.15) is 5.65 Å². The number of rotatable bonds is 4. The summed E-state index contributed by atoms with van der Waals surface area (Å²) in [6, 6.07) is 15.7. The number of carboxylic acid groups (broad SMARTS) is 1. The van der Waals surface area contributed by atoms with E-state index in [4.69, 9.17) is 11.6 Å². The number of hydrogen-bond donors (Lipinski definition) is 3. The second kappa shape index (κ2) is 7.04. The van der Waals surface area contributed by atoms with Crippen LogP contribution >= 0.6 is 11.6 Å². The van der Waals surface area contributed by atoms with Gasteiger partial charge in [0.05, 0.1) is 10.6 Å². The zero-order chi connectivity index (χ0) is 20.8. The number of benzene rings is 2. The van der Waals surface area contributed by atoms with Crippen molar-refractivity contribution in [3.63, 3.8) is 0 Å². The SMILES string of the molecule is Cc1ccc(Cc2cc3cc(-c4cnc5[nH]ccc5c4)c(Cl)cc3[nH]2)cc1C(=O)O. The minimum Gasteiger partial charge on any atom is -0.478 e. The first-order valence-corrected chi connectivity index (χ1v) is 9.93. The number of aryl methyl sites for hydroxylation is 1. The summed E-state index contributed by atoms with van der Waals surface area (Å²) in [7, 11) is 0. The third kappa shape index (κ3) is 3.23. The molecule has 0 aliphatic carbocycles. The average Bonchev–Trinajstić information content (AvgIpc) is 3.33. The molecule has 0 fully saturated rings. The van der Waals surface area contributed by atoms with Gasteiger partial charge in [-0.25, -0.2) is 9.78 Å². The Morgan fingerprint density at radius 2 is 1.97 bits per heavy atom. The van der Waals surface area contributed by atoms with E-state index in [9.17, 15) is 9.90 Å². The maximum Gasteiger partial charge on any atom is 0.335 e. The Balaban J connectivity index is 1.52. The van der Waals surface area contributed by atoms with Crippen molar-refractivity contribution in [1.29, 1.82) is 0 Å². The van der Waals surface area contributed by atoms with Crippen LogP contribution in [-0.2, 0) is 6.42 Å². The van der Waals surface area contributed by atoms with Crippen LogP contribution in [0, 0.1) is 6.92 Å². The zero-order valence-electron chi connectivity index (χ0n) is 16.2. The third-order valence-corrected chi connectivity index (χ3v) is 5.71. The maximum atomic E-state index is 11.4. The van der Waals surface area contributed by atoms with E-state index in [1.807, 2.05) is 36.7 Å². The van der Waals surface area contributed by atoms with E-state index < -0.39 is 5.97 Å². The molecule has 0 unspecified atom stereocenters. The number of H-pyrrole nitrogens is 2. The number of aromatic nitrogens is 3. The van der Waals surface area contributed by atoms with Crippen LogP contribution in [0.3, 0.4) is 0 Å². The lowest BCUT2D eigenvalue weighted by molar-refractivity contribution is 0.0696. The Kier molecular flexibility index (Phi) is 4.33. The number of carboxylic acids is 1. The van der Waals surface area contributed by atoms with Gasteiger partial charge in [-0.3, -0.25) is 0 Å². The number of nitrogens with one attached hydrogen (secondary N) is 2. The number of halogens is 1. The van der Waals surface area contributed by atoms with Crippen molar-refractivity contribution in [2.75, 3.05) is 0 Å². The highest BCUT2D eigenvalue weighted by Gasteiger charge is 2.12. The van der Waals surface area contributed by atoms with Crippen LogP contribution in [0.4, 0.5) is 0 Å². The van der Waals surface area contributed by atoms with Crippen molar-refractivity contribution in [2.45, 2.75) is 13.3 Å². The van der Waals surface area contributed by atoms with E-state index in [0.717, 1.165) is 49.9 Å². The summed E-state index contributed by atoms with van der Waals surface area (Å²) in [6.07, 6.45) is 4.30. The van der Waals surface area contributed by atoms with Crippen LogP contribution in [0.25, 0.3) is 33.1 Å². The fourth-order valence-electron chi connectivity index (χ4n) is 3.85. The molecule has 0 saturated carbocycles. The van der Waals surface area contributed by atoms with E-state index in [1.54, 1.807) is 13.0 Å². The Morgan fingerprint density at radius 3 is 2.80 bits per heavy atom. The van der Waals surface area contributed by atoms with Crippen molar-refractivity contribution in [3.8, 4) is 11.1 Å². The van der Waals surface area contributed by atoms with Gasteiger partial charge < -0.3 is 15.1 Å². The zero-order valence-corrected chi connectivity index (χ0v) is 16.9. The number of fused-ring (bicyclic) bond motifs is 2. The van der Waals surface area contributed by atoms with Gasteiger partial charge >= 0.3 is 5.97 Å². The summed E-state index contributed by atoms with van der Waals surface area (Å²) in [5.41, 5.74) is 6.71. The monoisotopic (exact) mass is 415 g/mol. The highest BCUT2D eigenvalue weighted by Crippen LogP contribution is 2.33. The summed E-state index contributed by atoms with van der Waals surface area (Å²) < 4.78 is 0. The molecule has 0 bridgehead atoms. The third-order valence-electron chi connectivity index (χ3n) is 5.40. The molecular formula is C24H18ClN3O2. The number of aromatic carboxylic acids is 1. The summed E-state index contributed by atoms with van der Waals surface area (Å²) in [6.45, 7) is 1.80. The Labute approximate surface area is 177 Å². The van der Waals surface area contributed by atoms with E-state index in [2.05, 4.69) is 33.2 Å². The summed E-state index contributed by atoms with van der Waals surface area (Å²) in [4.78, 5) is 22.4. The van der Waals surface area contributed by atoms with E-state index in [-0.39, 0.29) is 0 Å². The number of nitrogens with zero attached hydrogens (tertiary/aromatic N) is 1. The van der Waals surface area contributed by atoms with Crippen molar-refractivity contribution in [1.82, 2.24) is 15.0 Å². The summed E-state index contributed by atoms with van der Waals surface area (Å²) >= 11 is 6.58. The molecular weight excluding hydrogens is 398 g/mol. The average molecular weight is 416 g/mol. The predicted molar refractivity (Wildman–Crippen MR) is 119 cm³/mol. The lowest BCUT2D eigenvalue weighted by atomic mass is 10.0. The highest BCUT2D eigenvalue weighted by molar-refractivity contribution is 6.34. The van der Waals surface area contributed by atoms with Crippen LogP contribution in [0.1, 0.15) is 27.2 Å². The van der Waals surface area contributed by atoms with Gasteiger partial charge in [0.15, 0.2) is 0 Å². The predicted octanol–water partition coefficient (Wildman–Crippen LogP) is 5.96. The van der Waals surface area contributed by atoms with Crippen LogP contribution in [0.5, 0.6) is 0 Å². The van der Waals surface area contributed by atoms with Crippen LogP contribution in [-0.4, -0.2) is 26.0 Å². The molecule has 5 aromatic rings. The van der Waals surface area contributed by atoms with Gasteiger partial charge in [-0.1, -0.05) is 23.7 Å². The second-order valence-electron chi connectivity index (χ2n) is 7.48. The molecule has 148 valence electrons. The molecule has 3 heterocycles. The molecule has 5 nitrogen and oxygen atoms in total. The number of pyridine rings is 1. The fourth-order valence-corrected chi connectivity index (χ4v) is 4.12. The summed E-state index contributed by atoms with van der Waals surface area (Å²) in [5, 5.41) is 12.1. The fraction of sp³-hybridized carbons (Fsp3) is 0.0833. The quantitative estimate of drug-likeness (QED) is 0.338. The lowest BCUT2D eigenvalue weighted by Crippen LogP contribution is -2.01. The molecule has 2 aromatic carbocycles. The molecule has 0 saturated heterocycles. The second-order valence-corrected chi connectivity index (χ2v) is 7.89. The van der Waals surface area contributed by atoms with Gasteiger partial charge in [0.25, 0.3) is 0 Å². The first-order chi connectivity index (χ1) is 14.5. The summed E-state index contributed by atoms with van der Waals surface area (Å²) in [5.74, 6) is -0.907. The minimum absolute atomic E-state index is 0.335. The normalized spacial score (nSPS) is 11.4. The van der Waals surface area contributed by atoms with Crippen molar-refractivity contribution in [2.24, 2.45) is 0 Å². The van der Waals surface area contributed by atoms with Crippen molar-refractivity contribution < 1.29 is 9.90 Å². The van der Waals surface area contributed by atoms with Crippen LogP contribution < -0.4 is 0 Å². The molecule has 6 heteroatoms. The molecule has 0 atom stereocenters. The number of hydrogen-bond acceptors (Lipinski definition) is 2. The smallest absolute Gasteiger partial charge is 0.335 e. The molecule has 0 aliphatic rings. The van der Waals surface area contributed by atoms with Gasteiger partial charge in [0.2, 0.25) is 0 Å². The molecule has 0 spiro atoms. The van der Waals surface area contributed by atoms with Crippen LogP contribution in [0.2, 0.25) is 5.02 Å². The van der Waals surface area contributed by atoms with Crippen molar-refractivity contribution >= 4 is 39.5 Å². The Bertz CT molecular complexity index is 1430. The highest BCUT2D eigenvalue weighted by atomic mass is 35.5. The Hall–Kier alpha value is -3.57. The number of aromatic amines is 2. The van der Waals surface area contributed by atoms with E-state index >= 15 is 0 Å². The topological polar surface area (TPSA) is 81.8 Å². The molecule has 3 aromatic heterocycles. The van der Waals surface area contributed by atoms with Crippen molar-refractivity contribution in [3.05, 3.63) is 88.3 Å². The first kappa shape index (κ1) is 18.5. The largest absolute Gasteiger partial charge is 0.478 e. The van der Waals surface area contributed by atoms with Gasteiger partial charge in [0, 0.05) is 51.9 Å². The van der Waals surface area contributed by atoms with Gasteiger partial charge in [-0.15, -0.1) is 0 Å².